The fourth-order valence-corrected chi connectivity index (χ4v) is 3.95. The maximum Gasteiger partial charge on any atom is 0.0331 e. The number of nitrogens with zero attached hydrogens (tertiary/aromatic N) is 1. The van der Waals surface area contributed by atoms with Crippen LogP contribution in [0.2, 0.25) is 0 Å². The summed E-state index contributed by atoms with van der Waals surface area (Å²) in [7, 11) is 0. The van der Waals surface area contributed by atoms with Crippen molar-refractivity contribution >= 4 is 11.3 Å². The van der Waals surface area contributed by atoms with E-state index in [1.165, 1.54) is 25.9 Å². The van der Waals surface area contributed by atoms with Gasteiger partial charge >= 0.3 is 0 Å². The topological polar surface area (TPSA) is 15.3 Å². The second kappa shape index (κ2) is 6.38. The third-order valence-corrected chi connectivity index (χ3v) is 5.64. The summed E-state index contributed by atoms with van der Waals surface area (Å²) in [5, 5.41) is 5.79. The Kier molecular flexibility index (Phi) is 5.04. The largest absolute Gasteiger partial charge is 0.316 e. The van der Waals surface area contributed by atoms with Gasteiger partial charge in [0, 0.05) is 30.6 Å². The molecule has 1 N–H and O–H groups in total. The van der Waals surface area contributed by atoms with E-state index in [4.69, 9.17) is 0 Å². The Morgan fingerprint density at radius 2 is 2.26 bits per heavy atom. The van der Waals surface area contributed by atoms with Gasteiger partial charge in [0.25, 0.3) is 0 Å². The van der Waals surface area contributed by atoms with Crippen molar-refractivity contribution in [3.63, 3.8) is 0 Å². The highest BCUT2D eigenvalue weighted by Gasteiger charge is 2.31. The molecule has 0 radical (unpaired) electrons. The summed E-state index contributed by atoms with van der Waals surface area (Å²) in [6, 6.07) is 2.91. The number of fused-ring (bicyclic) bond motifs is 1. The summed E-state index contributed by atoms with van der Waals surface area (Å²) in [5.41, 5.74) is 1.95. The molecule has 1 aliphatic heterocycles. The monoisotopic (exact) mass is 280 g/mol. The Balaban J connectivity index is 2.03. The first-order valence-corrected chi connectivity index (χ1v) is 8.48. The molecule has 2 unspecified atom stereocenters. The van der Waals surface area contributed by atoms with E-state index < -0.39 is 0 Å². The molecule has 2 rings (SSSR count). The minimum atomic E-state index is 0.387. The number of nitrogens with one attached hydrogen (secondary N) is 1. The zero-order valence-electron chi connectivity index (χ0n) is 12.8. The Hall–Kier alpha value is -0.380. The summed E-state index contributed by atoms with van der Waals surface area (Å²) in [5.74, 6) is 0. The number of thiophene rings is 1. The van der Waals surface area contributed by atoms with Gasteiger partial charge in [-0.15, -0.1) is 11.3 Å². The minimum absolute atomic E-state index is 0.387. The highest BCUT2D eigenvalue weighted by Crippen LogP contribution is 2.35. The summed E-state index contributed by atoms with van der Waals surface area (Å²) in [4.78, 5) is 4.28. The van der Waals surface area contributed by atoms with Crippen LogP contribution in [-0.2, 0) is 6.42 Å². The van der Waals surface area contributed by atoms with Gasteiger partial charge in [-0.1, -0.05) is 20.8 Å². The van der Waals surface area contributed by atoms with Crippen molar-refractivity contribution in [1.29, 1.82) is 0 Å². The summed E-state index contributed by atoms with van der Waals surface area (Å²) >= 11 is 1.93. The van der Waals surface area contributed by atoms with E-state index in [1.54, 1.807) is 10.4 Å². The molecule has 0 spiro atoms. The van der Waals surface area contributed by atoms with Crippen LogP contribution in [-0.4, -0.2) is 31.1 Å². The third-order valence-electron chi connectivity index (χ3n) is 4.64. The molecule has 2 atom stereocenters. The van der Waals surface area contributed by atoms with Crippen LogP contribution < -0.4 is 5.32 Å². The molecule has 1 aliphatic rings. The lowest BCUT2D eigenvalue weighted by molar-refractivity contribution is 0.114. The maximum absolute atomic E-state index is 3.53. The van der Waals surface area contributed by atoms with E-state index in [0.29, 0.717) is 11.5 Å². The zero-order valence-corrected chi connectivity index (χ0v) is 13.6. The Labute approximate surface area is 122 Å². The molecule has 0 fully saturated rings. The zero-order chi connectivity index (χ0) is 13.9. The molecule has 0 aromatic carbocycles. The van der Waals surface area contributed by atoms with Gasteiger partial charge in [-0.3, -0.25) is 4.90 Å². The molecule has 0 saturated carbocycles. The molecule has 19 heavy (non-hydrogen) atoms. The van der Waals surface area contributed by atoms with Gasteiger partial charge in [0.2, 0.25) is 0 Å². The molecule has 0 aliphatic carbocycles. The molecule has 1 aromatic heterocycles. The van der Waals surface area contributed by atoms with Crippen molar-refractivity contribution < 1.29 is 0 Å². The molecular formula is C16H28N2S. The van der Waals surface area contributed by atoms with Gasteiger partial charge < -0.3 is 5.32 Å². The lowest BCUT2D eigenvalue weighted by Gasteiger charge is -2.40. The fraction of sp³-hybridized carbons (Fsp3) is 0.750. The van der Waals surface area contributed by atoms with Gasteiger partial charge in [0.15, 0.2) is 0 Å². The molecule has 0 bridgehead atoms. The number of rotatable bonds is 6. The highest BCUT2D eigenvalue weighted by atomic mass is 32.1. The standard InChI is InChI=1S/C16H28N2S/c1-5-16(4,11-17-6-2)12-18-9-7-15-14(13(18)3)8-10-19-15/h8,10,13,17H,5-7,9,11-12H2,1-4H3. The van der Waals surface area contributed by atoms with Crippen molar-refractivity contribution in [2.24, 2.45) is 5.41 Å². The quantitative estimate of drug-likeness (QED) is 0.855. The van der Waals surface area contributed by atoms with Gasteiger partial charge in [0.1, 0.15) is 0 Å². The summed E-state index contributed by atoms with van der Waals surface area (Å²) < 4.78 is 0. The predicted molar refractivity (Wildman–Crippen MR) is 85.0 cm³/mol. The Morgan fingerprint density at radius 3 is 2.95 bits per heavy atom. The first-order chi connectivity index (χ1) is 9.09. The van der Waals surface area contributed by atoms with Gasteiger partial charge in [-0.2, -0.15) is 0 Å². The fourth-order valence-electron chi connectivity index (χ4n) is 2.99. The van der Waals surface area contributed by atoms with Crippen molar-refractivity contribution in [3.05, 3.63) is 21.9 Å². The van der Waals surface area contributed by atoms with Crippen LogP contribution in [0.5, 0.6) is 0 Å². The van der Waals surface area contributed by atoms with Gasteiger partial charge in [0.05, 0.1) is 0 Å². The molecule has 3 heteroatoms. The van der Waals surface area contributed by atoms with Crippen molar-refractivity contribution in [3.8, 4) is 0 Å². The van der Waals surface area contributed by atoms with E-state index in [9.17, 15) is 0 Å². The Morgan fingerprint density at radius 1 is 1.47 bits per heavy atom. The van der Waals surface area contributed by atoms with Gasteiger partial charge in [-0.05, 0) is 48.7 Å². The maximum atomic E-state index is 3.53. The second-order valence-electron chi connectivity index (χ2n) is 6.14. The van der Waals surface area contributed by atoms with Crippen LogP contribution in [0.1, 0.15) is 50.6 Å². The molecule has 2 heterocycles. The second-order valence-corrected chi connectivity index (χ2v) is 7.14. The van der Waals surface area contributed by atoms with Crippen molar-refractivity contribution in [1.82, 2.24) is 10.2 Å². The van der Waals surface area contributed by atoms with E-state index in [1.807, 2.05) is 11.3 Å². The van der Waals surface area contributed by atoms with Crippen LogP contribution >= 0.6 is 11.3 Å². The number of hydrogen-bond acceptors (Lipinski definition) is 3. The van der Waals surface area contributed by atoms with Crippen LogP contribution in [0, 0.1) is 5.41 Å². The molecule has 0 saturated heterocycles. The van der Waals surface area contributed by atoms with Crippen LogP contribution in [0.15, 0.2) is 11.4 Å². The summed E-state index contributed by atoms with van der Waals surface area (Å²) in [6.45, 7) is 13.9. The average molecular weight is 280 g/mol. The normalized spacial score (nSPS) is 23.1. The average Bonchev–Trinajstić information content (AvgIpc) is 2.89. The van der Waals surface area contributed by atoms with E-state index >= 15 is 0 Å². The molecule has 2 nitrogen and oxygen atoms in total. The minimum Gasteiger partial charge on any atom is -0.316 e. The lowest BCUT2D eigenvalue weighted by Crippen LogP contribution is -2.45. The molecular weight excluding hydrogens is 252 g/mol. The van der Waals surface area contributed by atoms with Crippen LogP contribution in [0.4, 0.5) is 0 Å². The van der Waals surface area contributed by atoms with Crippen LogP contribution in [0.25, 0.3) is 0 Å². The molecule has 0 amide bonds. The molecule has 1 aromatic rings. The third kappa shape index (κ3) is 3.39. The summed E-state index contributed by atoms with van der Waals surface area (Å²) in [6.07, 6.45) is 2.47. The smallest absolute Gasteiger partial charge is 0.0331 e. The van der Waals surface area contributed by atoms with Crippen molar-refractivity contribution in [2.45, 2.75) is 46.6 Å². The van der Waals surface area contributed by atoms with Crippen molar-refractivity contribution in [2.75, 3.05) is 26.2 Å². The van der Waals surface area contributed by atoms with Gasteiger partial charge in [-0.25, -0.2) is 0 Å². The Bertz CT molecular complexity index is 401. The van der Waals surface area contributed by atoms with E-state index in [-0.39, 0.29) is 0 Å². The SMILES string of the molecule is CCNCC(C)(CC)CN1CCc2sccc2C1C. The lowest BCUT2D eigenvalue weighted by atomic mass is 9.85. The highest BCUT2D eigenvalue weighted by molar-refractivity contribution is 7.10. The molecule has 108 valence electrons. The number of hydrogen-bond donors (Lipinski definition) is 1. The predicted octanol–water partition coefficient (Wildman–Crippen LogP) is 3.69. The van der Waals surface area contributed by atoms with E-state index in [0.717, 1.165) is 13.1 Å². The first-order valence-electron chi connectivity index (χ1n) is 7.60. The first kappa shape index (κ1) is 15.0. The van der Waals surface area contributed by atoms with E-state index in [2.05, 4.69) is 49.4 Å². The van der Waals surface area contributed by atoms with Crippen LogP contribution in [0.3, 0.4) is 0 Å².